The predicted octanol–water partition coefficient (Wildman–Crippen LogP) is 4.95. The third-order valence-electron chi connectivity index (χ3n) is 4.51. The Morgan fingerprint density at radius 2 is 1.62 bits per heavy atom. The molecule has 0 radical (unpaired) electrons. The summed E-state index contributed by atoms with van der Waals surface area (Å²) in [6, 6.07) is 26.9. The number of hydrazone groups is 1. The highest BCUT2D eigenvalue weighted by atomic mass is 16.6. The molecule has 3 aromatic carbocycles. The van der Waals surface area contributed by atoms with E-state index in [1.165, 1.54) is 11.6 Å². The van der Waals surface area contributed by atoms with E-state index >= 15 is 0 Å². The molecule has 0 bridgehead atoms. The Morgan fingerprint density at radius 1 is 0.923 bits per heavy atom. The van der Waals surface area contributed by atoms with E-state index in [1.807, 2.05) is 59.6 Å². The molecule has 0 saturated carbocycles. The molecule has 3 aromatic rings. The molecule has 1 aliphatic rings. The lowest BCUT2D eigenvalue weighted by Gasteiger charge is -2.23. The normalized spacial score (nSPS) is 16.4. The molecule has 4 rings (SSSR count). The van der Waals surface area contributed by atoms with Crippen molar-refractivity contribution in [3.8, 4) is 0 Å². The molecular formula is C21H17N3O2. The van der Waals surface area contributed by atoms with Crippen LogP contribution in [0.5, 0.6) is 0 Å². The van der Waals surface area contributed by atoms with Crippen molar-refractivity contribution in [2.24, 2.45) is 5.10 Å². The molecule has 5 heteroatoms. The second-order valence-electron chi connectivity index (χ2n) is 6.16. The molecule has 0 unspecified atom stereocenters. The van der Waals surface area contributed by atoms with Crippen LogP contribution in [0.2, 0.25) is 0 Å². The summed E-state index contributed by atoms with van der Waals surface area (Å²) in [4.78, 5) is 10.7. The summed E-state index contributed by atoms with van der Waals surface area (Å²) in [5.74, 6) is 0. The van der Waals surface area contributed by atoms with Gasteiger partial charge in [-0.25, -0.2) is 0 Å². The molecule has 128 valence electrons. The fourth-order valence-electron chi connectivity index (χ4n) is 3.24. The molecule has 26 heavy (non-hydrogen) atoms. The van der Waals surface area contributed by atoms with Gasteiger partial charge < -0.3 is 0 Å². The van der Waals surface area contributed by atoms with Gasteiger partial charge in [-0.1, -0.05) is 60.7 Å². The summed E-state index contributed by atoms with van der Waals surface area (Å²) in [6.45, 7) is 0. The Balaban J connectivity index is 1.75. The van der Waals surface area contributed by atoms with Gasteiger partial charge in [-0.05, 0) is 17.7 Å². The Bertz CT molecular complexity index is 955. The smallest absolute Gasteiger partial charge is 0.258 e. The summed E-state index contributed by atoms with van der Waals surface area (Å²) in [5, 5.41) is 17.9. The zero-order chi connectivity index (χ0) is 17.9. The van der Waals surface area contributed by atoms with E-state index < -0.39 is 0 Å². The standard InChI is InChI=1S/C21H17N3O2/c25-24(26)19-13-7-10-17(14-19)20-15-21(16-8-3-1-4-9-16)23(22-20)18-11-5-2-6-12-18/h1-14,21H,15H2/t21-/m1/s1. The van der Waals surface area contributed by atoms with E-state index in [0.29, 0.717) is 6.42 Å². The zero-order valence-electron chi connectivity index (χ0n) is 14.0. The highest BCUT2D eigenvalue weighted by molar-refractivity contribution is 6.03. The van der Waals surface area contributed by atoms with Gasteiger partial charge in [0.25, 0.3) is 5.69 Å². The molecule has 1 atom stereocenters. The van der Waals surface area contributed by atoms with Crippen LogP contribution < -0.4 is 5.01 Å². The van der Waals surface area contributed by atoms with Crippen LogP contribution in [0.1, 0.15) is 23.6 Å². The number of nitro groups is 1. The maximum absolute atomic E-state index is 11.1. The lowest BCUT2D eigenvalue weighted by Crippen LogP contribution is -2.18. The summed E-state index contributed by atoms with van der Waals surface area (Å²) >= 11 is 0. The van der Waals surface area contributed by atoms with Gasteiger partial charge in [0, 0.05) is 24.1 Å². The molecule has 0 spiro atoms. The lowest BCUT2D eigenvalue weighted by molar-refractivity contribution is -0.384. The fraction of sp³-hybridized carbons (Fsp3) is 0.0952. The van der Waals surface area contributed by atoms with Crippen LogP contribution in [0.4, 0.5) is 11.4 Å². The lowest BCUT2D eigenvalue weighted by atomic mass is 9.98. The number of nitro benzene ring substituents is 1. The van der Waals surface area contributed by atoms with E-state index in [9.17, 15) is 10.1 Å². The number of anilines is 1. The van der Waals surface area contributed by atoms with Gasteiger partial charge in [0.2, 0.25) is 0 Å². The van der Waals surface area contributed by atoms with Crippen LogP contribution in [0, 0.1) is 10.1 Å². The second kappa shape index (κ2) is 6.80. The topological polar surface area (TPSA) is 58.7 Å². The van der Waals surface area contributed by atoms with Crippen molar-refractivity contribution in [1.82, 2.24) is 0 Å². The minimum atomic E-state index is -0.372. The van der Waals surface area contributed by atoms with Crippen molar-refractivity contribution in [3.63, 3.8) is 0 Å². The molecular weight excluding hydrogens is 326 g/mol. The number of hydrogen-bond donors (Lipinski definition) is 0. The number of non-ortho nitro benzene ring substituents is 1. The van der Waals surface area contributed by atoms with Gasteiger partial charge in [0.05, 0.1) is 22.4 Å². The molecule has 1 heterocycles. The molecule has 5 nitrogen and oxygen atoms in total. The monoisotopic (exact) mass is 343 g/mol. The Kier molecular flexibility index (Phi) is 4.19. The molecule has 1 aliphatic heterocycles. The van der Waals surface area contributed by atoms with Crippen LogP contribution in [-0.4, -0.2) is 10.6 Å². The van der Waals surface area contributed by atoms with Crippen molar-refractivity contribution >= 4 is 17.1 Å². The van der Waals surface area contributed by atoms with Gasteiger partial charge >= 0.3 is 0 Å². The zero-order valence-corrected chi connectivity index (χ0v) is 14.0. The molecule has 0 N–H and O–H groups in total. The van der Waals surface area contributed by atoms with Gasteiger partial charge in [-0.3, -0.25) is 15.1 Å². The van der Waals surface area contributed by atoms with Crippen molar-refractivity contribution in [2.45, 2.75) is 12.5 Å². The number of para-hydroxylation sites is 1. The van der Waals surface area contributed by atoms with Crippen LogP contribution in [0.3, 0.4) is 0 Å². The molecule has 0 fully saturated rings. The quantitative estimate of drug-likeness (QED) is 0.497. The maximum atomic E-state index is 11.1. The number of hydrogen-bond acceptors (Lipinski definition) is 4. The van der Waals surface area contributed by atoms with Crippen LogP contribution in [0.15, 0.2) is 90.0 Å². The third-order valence-corrected chi connectivity index (χ3v) is 4.51. The van der Waals surface area contributed by atoms with Gasteiger partial charge in [-0.2, -0.15) is 5.10 Å². The number of rotatable bonds is 4. The predicted molar refractivity (Wildman–Crippen MR) is 102 cm³/mol. The van der Waals surface area contributed by atoms with Crippen molar-refractivity contribution < 1.29 is 4.92 Å². The largest absolute Gasteiger partial charge is 0.270 e. The van der Waals surface area contributed by atoms with Crippen molar-refractivity contribution in [3.05, 3.63) is 106 Å². The van der Waals surface area contributed by atoms with Crippen molar-refractivity contribution in [1.29, 1.82) is 0 Å². The highest BCUT2D eigenvalue weighted by Gasteiger charge is 2.30. The summed E-state index contributed by atoms with van der Waals surface area (Å²) in [6.07, 6.45) is 0.695. The van der Waals surface area contributed by atoms with E-state index in [-0.39, 0.29) is 16.7 Å². The Hall–Kier alpha value is -3.47. The molecule has 0 aliphatic carbocycles. The molecule has 0 saturated heterocycles. The SMILES string of the molecule is O=[N+]([O-])c1cccc(C2=NN(c3ccccc3)[C@@H](c3ccccc3)C2)c1. The van der Waals surface area contributed by atoms with Crippen LogP contribution in [0.25, 0.3) is 0 Å². The summed E-state index contributed by atoms with van der Waals surface area (Å²) in [7, 11) is 0. The first-order chi connectivity index (χ1) is 12.7. The minimum Gasteiger partial charge on any atom is -0.258 e. The van der Waals surface area contributed by atoms with Crippen molar-refractivity contribution in [2.75, 3.05) is 5.01 Å². The number of nitrogens with zero attached hydrogens (tertiary/aromatic N) is 3. The highest BCUT2D eigenvalue weighted by Crippen LogP contribution is 2.36. The summed E-state index contributed by atoms with van der Waals surface area (Å²) < 4.78 is 0. The van der Waals surface area contributed by atoms with E-state index in [4.69, 9.17) is 5.10 Å². The average molecular weight is 343 g/mol. The first-order valence-corrected chi connectivity index (χ1v) is 8.44. The van der Waals surface area contributed by atoms with Crippen LogP contribution in [-0.2, 0) is 0 Å². The minimum absolute atomic E-state index is 0.0628. The van der Waals surface area contributed by atoms with Gasteiger partial charge in [0.15, 0.2) is 0 Å². The van der Waals surface area contributed by atoms with Gasteiger partial charge in [0.1, 0.15) is 0 Å². The molecule has 0 aromatic heterocycles. The van der Waals surface area contributed by atoms with E-state index in [2.05, 4.69) is 12.1 Å². The van der Waals surface area contributed by atoms with Gasteiger partial charge in [-0.15, -0.1) is 0 Å². The van der Waals surface area contributed by atoms with E-state index in [0.717, 1.165) is 17.0 Å². The van der Waals surface area contributed by atoms with E-state index in [1.54, 1.807) is 12.1 Å². The average Bonchev–Trinajstić information content (AvgIpc) is 3.15. The van der Waals surface area contributed by atoms with Crippen LogP contribution >= 0.6 is 0 Å². The fourth-order valence-corrected chi connectivity index (χ4v) is 3.24. The first kappa shape index (κ1) is 16.0. The molecule has 0 amide bonds. The Labute approximate surface area is 151 Å². The number of benzene rings is 3. The third kappa shape index (κ3) is 3.07. The summed E-state index contributed by atoms with van der Waals surface area (Å²) in [5.41, 5.74) is 3.90. The Morgan fingerprint density at radius 3 is 2.31 bits per heavy atom. The maximum Gasteiger partial charge on any atom is 0.270 e. The first-order valence-electron chi connectivity index (χ1n) is 8.44. The second-order valence-corrected chi connectivity index (χ2v) is 6.16.